The molecule has 3 aromatic rings. The van der Waals surface area contributed by atoms with Crippen molar-refractivity contribution < 1.29 is 19.0 Å². The number of benzene rings is 3. The van der Waals surface area contributed by atoms with E-state index in [1.165, 1.54) is 6.21 Å². The lowest BCUT2D eigenvalue weighted by atomic mass is 10.2. The van der Waals surface area contributed by atoms with Crippen molar-refractivity contribution in [1.29, 1.82) is 0 Å². The second-order valence-corrected chi connectivity index (χ2v) is 7.63. The largest absolute Gasteiger partial charge is 0.493 e. The zero-order valence-corrected chi connectivity index (χ0v) is 19.0. The summed E-state index contributed by atoms with van der Waals surface area (Å²) in [5, 5.41) is 4.64. The number of halogens is 2. The monoisotopic (exact) mass is 502 g/mol. The number of nitrogens with one attached hydrogen (secondary N) is 1. The third kappa shape index (κ3) is 7.01. The first kappa shape index (κ1) is 22.7. The lowest BCUT2D eigenvalue weighted by molar-refractivity contribution is -0.123. The average molecular weight is 504 g/mol. The summed E-state index contributed by atoms with van der Waals surface area (Å²) in [4.78, 5) is 11.9. The number of ether oxygens (including phenoxy) is 3. The third-order valence-corrected chi connectivity index (χ3v) is 4.91. The maximum absolute atomic E-state index is 11.9. The minimum Gasteiger partial charge on any atom is -0.493 e. The summed E-state index contributed by atoms with van der Waals surface area (Å²) < 4.78 is 17.4. The number of nitrogens with zero attached hydrogens (tertiary/aromatic N) is 1. The number of rotatable bonds is 9. The Labute approximate surface area is 193 Å². The zero-order valence-electron chi connectivity index (χ0n) is 16.7. The zero-order chi connectivity index (χ0) is 22.1. The summed E-state index contributed by atoms with van der Waals surface area (Å²) in [6.07, 6.45) is 1.51. The molecule has 0 heterocycles. The minimum atomic E-state index is -0.367. The van der Waals surface area contributed by atoms with Crippen LogP contribution in [0.25, 0.3) is 0 Å². The highest BCUT2D eigenvalue weighted by atomic mass is 79.9. The molecule has 6 nitrogen and oxygen atoms in total. The molecule has 0 aromatic heterocycles. The second kappa shape index (κ2) is 11.4. The Kier molecular flexibility index (Phi) is 8.32. The average Bonchev–Trinajstić information content (AvgIpc) is 2.78. The van der Waals surface area contributed by atoms with E-state index in [0.29, 0.717) is 38.9 Å². The fraction of sp³-hybridized carbons (Fsp3) is 0.130. The first-order valence-corrected chi connectivity index (χ1v) is 10.5. The molecule has 0 bridgehead atoms. The topological polar surface area (TPSA) is 69.2 Å². The molecule has 3 aromatic carbocycles. The van der Waals surface area contributed by atoms with Crippen molar-refractivity contribution in [2.45, 2.75) is 6.61 Å². The number of hydrogen-bond donors (Lipinski definition) is 1. The highest BCUT2D eigenvalue weighted by Gasteiger charge is 2.12. The van der Waals surface area contributed by atoms with Crippen LogP contribution in [0.2, 0.25) is 5.02 Å². The van der Waals surface area contributed by atoms with Gasteiger partial charge in [0.1, 0.15) is 12.4 Å². The molecule has 0 fully saturated rings. The molecule has 31 heavy (non-hydrogen) atoms. The van der Waals surface area contributed by atoms with E-state index in [0.717, 1.165) is 5.56 Å². The molecule has 1 N–H and O–H groups in total. The molecule has 0 atom stereocenters. The third-order valence-electron chi connectivity index (χ3n) is 4.06. The normalized spacial score (nSPS) is 10.7. The van der Waals surface area contributed by atoms with Crippen LogP contribution in [0.3, 0.4) is 0 Å². The van der Waals surface area contributed by atoms with Crippen LogP contribution in [0.4, 0.5) is 0 Å². The molecule has 0 saturated carbocycles. The van der Waals surface area contributed by atoms with E-state index in [4.69, 9.17) is 25.8 Å². The molecular weight excluding hydrogens is 484 g/mol. The predicted octanol–water partition coefficient (Wildman–Crippen LogP) is 5.22. The first-order valence-electron chi connectivity index (χ1n) is 9.29. The van der Waals surface area contributed by atoms with Crippen LogP contribution in [-0.4, -0.2) is 25.8 Å². The Bertz CT molecular complexity index is 1040. The van der Waals surface area contributed by atoms with Crippen molar-refractivity contribution in [3.05, 3.63) is 87.4 Å². The van der Waals surface area contributed by atoms with E-state index < -0.39 is 0 Å². The number of hydrogen-bond acceptors (Lipinski definition) is 5. The van der Waals surface area contributed by atoms with Crippen molar-refractivity contribution >= 4 is 39.7 Å². The van der Waals surface area contributed by atoms with Crippen LogP contribution in [-0.2, 0) is 11.4 Å². The second-order valence-electron chi connectivity index (χ2n) is 6.34. The lowest BCUT2D eigenvalue weighted by Gasteiger charge is -2.13. The smallest absolute Gasteiger partial charge is 0.277 e. The number of amides is 1. The maximum atomic E-state index is 11.9. The van der Waals surface area contributed by atoms with Gasteiger partial charge in [0.15, 0.2) is 18.1 Å². The Morgan fingerprint density at radius 2 is 1.84 bits per heavy atom. The molecule has 0 saturated heterocycles. The SMILES string of the molecule is COc1cc(/C=N\NC(=O)COc2ccccc2)cc(Br)c1OCc1ccc(Cl)cc1. The van der Waals surface area contributed by atoms with Gasteiger partial charge in [-0.1, -0.05) is 41.9 Å². The van der Waals surface area contributed by atoms with Gasteiger partial charge in [0.05, 0.1) is 17.8 Å². The van der Waals surface area contributed by atoms with Crippen molar-refractivity contribution in [3.8, 4) is 17.2 Å². The number of carbonyl (C=O) groups excluding carboxylic acids is 1. The summed E-state index contributed by atoms with van der Waals surface area (Å²) in [6, 6.07) is 20.1. The Morgan fingerprint density at radius 1 is 1.10 bits per heavy atom. The summed E-state index contributed by atoms with van der Waals surface area (Å²) in [5.41, 5.74) is 4.12. The Balaban J connectivity index is 1.58. The first-order chi connectivity index (χ1) is 15.0. The molecule has 160 valence electrons. The van der Waals surface area contributed by atoms with Crippen molar-refractivity contribution in [3.63, 3.8) is 0 Å². The van der Waals surface area contributed by atoms with E-state index in [-0.39, 0.29) is 12.5 Å². The Hall–Kier alpha value is -3.03. The molecule has 0 radical (unpaired) electrons. The van der Waals surface area contributed by atoms with Gasteiger partial charge in [0.2, 0.25) is 0 Å². The van der Waals surface area contributed by atoms with Crippen LogP contribution in [0, 0.1) is 0 Å². The van der Waals surface area contributed by atoms with Gasteiger partial charge in [-0.05, 0) is 63.5 Å². The van der Waals surface area contributed by atoms with E-state index in [9.17, 15) is 4.79 Å². The summed E-state index contributed by atoms with van der Waals surface area (Å²) in [5.74, 6) is 1.34. The fourth-order valence-electron chi connectivity index (χ4n) is 2.57. The molecule has 0 unspecified atom stereocenters. The van der Waals surface area contributed by atoms with Crippen LogP contribution < -0.4 is 19.6 Å². The van der Waals surface area contributed by atoms with E-state index in [1.807, 2.05) is 48.5 Å². The summed E-state index contributed by atoms with van der Waals surface area (Å²) >= 11 is 9.41. The van der Waals surface area contributed by atoms with E-state index in [2.05, 4.69) is 26.5 Å². The summed E-state index contributed by atoms with van der Waals surface area (Å²) in [7, 11) is 1.56. The molecule has 3 rings (SSSR count). The number of methoxy groups -OCH3 is 1. The number of para-hydroxylation sites is 1. The van der Waals surface area contributed by atoms with Crippen LogP contribution in [0.15, 0.2) is 76.3 Å². The molecule has 0 aliphatic carbocycles. The molecule has 1 amide bonds. The number of hydrazone groups is 1. The summed E-state index contributed by atoms with van der Waals surface area (Å²) in [6.45, 7) is 0.225. The molecule has 8 heteroatoms. The quantitative estimate of drug-likeness (QED) is 0.321. The lowest BCUT2D eigenvalue weighted by Crippen LogP contribution is -2.24. The van der Waals surface area contributed by atoms with E-state index in [1.54, 1.807) is 25.3 Å². The molecule has 0 aliphatic rings. The number of carbonyl (C=O) groups is 1. The fourth-order valence-corrected chi connectivity index (χ4v) is 3.27. The molecule has 0 aliphatic heterocycles. The highest BCUT2D eigenvalue weighted by Crippen LogP contribution is 2.36. The van der Waals surface area contributed by atoms with Gasteiger partial charge in [0, 0.05) is 5.02 Å². The van der Waals surface area contributed by atoms with Gasteiger partial charge in [-0.25, -0.2) is 5.43 Å². The van der Waals surface area contributed by atoms with Gasteiger partial charge < -0.3 is 14.2 Å². The predicted molar refractivity (Wildman–Crippen MR) is 124 cm³/mol. The van der Waals surface area contributed by atoms with Crippen molar-refractivity contribution in [2.75, 3.05) is 13.7 Å². The van der Waals surface area contributed by atoms with Gasteiger partial charge in [-0.3, -0.25) is 4.79 Å². The highest BCUT2D eigenvalue weighted by molar-refractivity contribution is 9.10. The standard InChI is InChI=1S/C23H20BrClN2O4/c1-29-21-12-17(13-26-27-22(28)15-30-19-5-3-2-4-6-19)11-20(24)23(21)31-14-16-7-9-18(25)10-8-16/h2-13H,14-15H2,1H3,(H,27,28)/b26-13-. The van der Waals surface area contributed by atoms with Gasteiger partial charge >= 0.3 is 0 Å². The van der Waals surface area contributed by atoms with Gasteiger partial charge in [-0.2, -0.15) is 5.10 Å². The van der Waals surface area contributed by atoms with Crippen LogP contribution >= 0.6 is 27.5 Å². The van der Waals surface area contributed by atoms with Gasteiger partial charge in [-0.15, -0.1) is 0 Å². The van der Waals surface area contributed by atoms with Crippen LogP contribution in [0.5, 0.6) is 17.2 Å². The van der Waals surface area contributed by atoms with Crippen molar-refractivity contribution in [2.24, 2.45) is 5.10 Å². The van der Waals surface area contributed by atoms with E-state index >= 15 is 0 Å². The van der Waals surface area contributed by atoms with Crippen LogP contribution in [0.1, 0.15) is 11.1 Å². The Morgan fingerprint density at radius 3 is 2.55 bits per heavy atom. The van der Waals surface area contributed by atoms with Gasteiger partial charge in [0.25, 0.3) is 5.91 Å². The minimum absolute atomic E-state index is 0.133. The molecule has 0 spiro atoms. The maximum Gasteiger partial charge on any atom is 0.277 e. The molecular formula is C23H20BrClN2O4. The van der Waals surface area contributed by atoms with Crippen molar-refractivity contribution in [1.82, 2.24) is 5.43 Å².